The Bertz CT molecular complexity index is 246. The molecule has 59 valence electrons. The number of hydrogen-bond acceptors (Lipinski definition) is 0. The van der Waals surface area contributed by atoms with Crippen molar-refractivity contribution in [1.29, 1.82) is 0 Å². The Labute approximate surface area is 69.3 Å². The van der Waals surface area contributed by atoms with Gasteiger partial charge in [0.2, 0.25) is 0 Å². The van der Waals surface area contributed by atoms with Crippen LogP contribution in [0.1, 0.15) is 30.5 Å². The minimum atomic E-state index is 1.35. The number of benzene rings is 1. The summed E-state index contributed by atoms with van der Waals surface area (Å²) >= 11 is 0. The first-order valence-corrected chi connectivity index (χ1v) is 3.99. The molecule has 1 aromatic rings. The van der Waals surface area contributed by atoms with E-state index in [0.717, 1.165) is 0 Å². The van der Waals surface area contributed by atoms with Crippen LogP contribution in [0.15, 0.2) is 18.2 Å². The summed E-state index contributed by atoms with van der Waals surface area (Å²) in [6, 6.07) is 6.60. The molecule has 0 nitrogen and oxygen atoms in total. The maximum Gasteiger partial charge on any atom is -0.00119 e. The van der Waals surface area contributed by atoms with Gasteiger partial charge < -0.3 is 0 Å². The average Bonchev–Trinajstić information content (AvgIpc) is 1.94. The molecule has 0 amide bonds. The van der Waals surface area contributed by atoms with Crippen molar-refractivity contribution in [3.63, 3.8) is 0 Å². The largest absolute Gasteiger partial charge is 0.0588 e. The molecule has 0 aromatic heterocycles. The molecule has 0 saturated carbocycles. The van der Waals surface area contributed by atoms with Gasteiger partial charge in [0.1, 0.15) is 0 Å². The van der Waals surface area contributed by atoms with Crippen LogP contribution in [0.25, 0.3) is 0 Å². The molecule has 1 radical (unpaired) electrons. The third-order valence-corrected chi connectivity index (χ3v) is 2.08. The average molecular weight is 147 g/mol. The second-order valence-electron chi connectivity index (χ2n) is 3.30. The fourth-order valence-electron chi connectivity index (χ4n) is 1.05. The van der Waals surface area contributed by atoms with E-state index in [2.05, 4.69) is 45.9 Å². The molecule has 1 rings (SSSR count). The lowest BCUT2D eigenvalue weighted by Gasteiger charge is -2.06. The van der Waals surface area contributed by atoms with Crippen LogP contribution in [0, 0.1) is 19.8 Å². The predicted molar refractivity (Wildman–Crippen MR) is 49.6 cm³/mol. The molecule has 0 N–H and O–H groups in total. The van der Waals surface area contributed by atoms with Gasteiger partial charge in [-0.05, 0) is 36.5 Å². The normalized spacial score (nSPS) is 10.6. The highest BCUT2D eigenvalue weighted by molar-refractivity contribution is 5.36. The monoisotopic (exact) mass is 147 g/mol. The van der Waals surface area contributed by atoms with Gasteiger partial charge in [-0.1, -0.05) is 32.0 Å². The molecule has 0 aliphatic carbocycles. The summed E-state index contributed by atoms with van der Waals surface area (Å²) in [5.74, 6) is 1.38. The van der Waals surface area contributed by atoms with E-state index < -0.39 is 0 Å². The van der Waals surface area contributed by atoms with Crippen molar-refractivity contribution in [2.75, 3.05) is 0 Å². The van der Waals surface area contributed by atoms with Gasteiger partial charge >= 0.3 is 0 Å². The SMILES string of the molecule is C[C](C)c1ccc(C)c(C)c1. The van der Waals surface area contributed by atoms with E-state index in [4.69, 9.17) is 0 Å². The molecule has 0 fully saturated rings. The van der Waals surface area contributed by atoms with Crippen molar-refractivity contribution in [2.24, 2.45) is 0 Å². The van der Waals surface area contributed by atoms with Gasteiger partial charge in [0.15, 0.2) is 0 Å². The second-order valence-corrected chi connectivity index (χ2v) is 3.30. The van der Waals surface area contributed by atoms with Crippen LogP contribution in [0.5, 0.6) is 0 Å². The molecule has 11 heavy (non-hydrogen) atoms. The molecular weight excluding hydrogens is 132 g/mol. The van der Waals surface area contributed by atoms with Crippen LogP contribution in [-0.2, 0) is 0 Å². The Kier molecular flexibility index (Phi) is 2.33. The fourth-order valence-corrected chi connectivity index (χ4v) is 1.05. The van der Waals surface area contributed by atoms with Gasteiger partial charge in [-0.3, -0.25) is 0 Å². The van der Waals surface area contributed by atoms with Crippen molar-refractivity contribution in [2.45, 2.75) is 27.7 Å². The van der Waals surface area contributed by atoms with Crippen molar-refractivity contribution < 1.29 is 0 Å². The summed E-state index contributed by atoms with van der Waals surface area (Å²) in [5, 5.41) is 0. The smallest absolute Gasteiger partial charge is 0.00119 e. The Morgan fingerprint density at radius 2 is 1.64 bits per heavy atom. The quantitative estimate of drug-likeness (QED) is 0.572. The Morgan fingerprint density at radius 3 is 2.09 bits per heavy atom. The number of aryl methyl sites for hydroxylation is 2. The number of hydrogen-bond donors (Lipinski definition) is 0. The zero-order chi connectivity index (χ0) is 8.43. The van der Waals surface area contributed by atoms with Crippen LogP contribution in [0.2, 0.25) is 0 Å². The van der Waals surface area contributed by atoms with E-state index >= 15 is 0 Å². The van der Waals surface area contributed by atoms with E-state index in [1.165, 1.54) is 22.6 Å². The second kappa shape index (κ2) is 3.08. The number of rotatable bonds is 1. The maximum atomic E-state index is 2.24. The summed E-state index contributed by atoms with van der Waals surface area (Å²) in [6.07, 6.45) is 0. The summed E-state index contributed by atoms with van der Waals surface area (Å²) in [4.78, 5) is 0. The molecule has 0 atom stereocenters. The van der Waals surface area contributed by atoms with E-state index in [1.807, 2.05) is 0 Å². The minimum Gasteiger partial charge on any atom is -0.0588 e. The van der Waals surface area contributed by atoms with Crippen LogP contribution in [0.4, 0.5) is 0 Å². The van der Waals surface area contributed by atoms with E-state index in [-0.39, 0.29) is 0 Å². The molecule has 0 heterocycles. The zero-order valence-corrected chi connectivity index (χ0v) is 7.73. The minimum absolute atomic E-state index is 1.35. The van der Waals surface area contributed by atoms with Crippen LogP contribution in [-0.4, -0.2) is 0 Å². The molecule has 0 bridgehead atoms. The lowest BCUT2D eigenvalue weighted by atomic mass is 9.99. The zero-order valence-electron chi connectivity index (χ0n) is 7.73. The first-order chi connectivity index (χ1) is 5.11. The van der Waals surface area contributed by atoms with Crippen LogP contribution < -0.4 is 0 Å². The van der Waals surface area contributed by atoms with Gasteiger partial charge in [0.05, 0.1) is 0 Å². The third-order valence-electron chi connectivity index (χ3n) is 2.08. The van der Waals surface area contributed by atoms with Crippen molar-refractivity contribution in [1.82, 2.24) is 0 Å². The molecule has 0 unspecified atom stereocenters. The first kappa shape index (κ1) is 8.32. The predicted octanol–water partition coefficient (Wildman–Crippen LogP) is 3.27. The van der Waals surface area contributed by atoms with Crippen molar-refractivity contribution in [3.8, 4) is 0 Å². The first-order valence-electron chi connectivity index (χ1n) is 3.99. The summed E-state index contributed by atoms with van der Waals surface area (Å²) < 4.78 is 0. The van der Waals surface area contributed by atoms with Crippen LogP contribution >= 0.6 is 0 Å². The standard InChI is InChI=1S/C11H15/c1-8(2)11-6-5-9(3)10(4)7-11/h5-7H,1-4H3. The fraction of sp³-hybridized carbons (Fsp3) is 0.364. The highest BCUT2D eigenvalue weighted by Gasteiger charge is 1.99. The van der Waals surface area contributed by atoms with Crippen molar-refractivity contribution in [3.05, 3.63) is 40.8 Å². The highest BCUT2D eigenvalue weighted by atomic mass is 14.0. The Balaban J connectivity index is 3.05. The van der Waals surface area contributed by atoms with Gasteiger partial charge in [-0.25, -0.2) is 0 Å². The molecule has 0 aliphatic heterocycles. The molecule has 0 spiro atoms. The molecule has 0 aliphatic rings. The summed E-state index contributed by atoms with van der Waals surface area (Å²) in [6.45, 7) is 8.58. The van der Waals surface area contributed by atoms with Gasteiger partial charge in [-0.15, -0.1) is 0 Å². The Hall–Kier alpha value is -0.780. The topological polar surface area (TPSA) is 0 Å². The van der Waals surface area contributed by atoms with E-state index in [1.54, 1.807) is 0 Å². The molecule has 0 heteroatoms. The summed E-state index contributed by atoms with van der Waals surface area (Å²) in [7, 11) is 0. The maximum absolute atomic E-state index is 2.24. The van der Waals surface area contributed by atoms with E-state index in [0.29, 0.717) is 0 Å². The van der Waals surface area contributed by atoms with Crippen LogP contribution in [0.3, 0.4) is 0 Å². The summed E-state index contributed by atoms with van der Waals surface area (Å²) in [5.41, 5.74) is 4.10. The lowest BCUT2D eigenvalue weighted by molar-refractivity contribution is 1.13. The molecule has 0 saturated heterocycles. The van der Waals surface area contributed by atoms with E-state index in [9.17, 15) is 0 Å². The third kappa shape index (κ3) is 1.83. The Morgan fingerprint density at radius 1 is 1.00 bits per heavy atom. The highest BCUT2D eigenvalue weighted by Crippen LogP contribution is 2.16. The molecule has 1 aromatic carbocycles. The lowest BCUT2D eigenvalue weighted by Crippen LogP contribution is -1.90. The molecular formula is C11H15. The van der Waals surface area contributed by atoms with Gasteiger partial charge in [0, 0.05) is 0 Å². The van der Waals surface area contributed by atoms with Gasteiger partial charge in [0.25, 0.3) is 0 Å². The van der Waals surface area contributed by atoms with Gasteiger partial charge in [-0.2, -0.15) is 0 Å². The van der Waals surface area contributed by atoms with Crippen molar-refractivity contribution >= 4 is 0 Å².